The van der Waals surface area contributed by atoms with Crippen LogP contribution in [0.4, 0.5) is 0 Å². The summed E-state index contributed by atoms with van der Waals surface area (Å²) in [5, 5.41) is 52.9. The van der Waals surface area contributed by atoms with E-state index in [0.717, 1.165) is 0 Å². The third kappa shape index (κ3) is 4.87. The van der Waals surface area contributed by atoms with Crippen LogP contribution in [0.25, 0.3) is 21.9 Å². The van der Waals surface area contributed by atoms with E-state index in [1.807, 2.05) is 0 Å². The Hall–Kier alpha value is -3.93. The van der Waals surface area contributed by atoms with Crippen LogP contribution in [0.5, 0.6) is 28.7 Å². The predicted molar refractivity (Wildman–Crippen MR) is 153 cm³/mol. The Balaban J connectivity index is 1.37. The van der Waals surface area contributed by atoms with E-state index in [2.05, 4.69) is 0 Å². The number of carbonyl (C=O) groups excluding carboxylic acids is 1. The van der Waals surface area contributed by atoms with E-state index in [-0.39, 0.29) is 31.3 Å². The second-order valence-corrected chi connectivity index (χ2v) is 11.3. The maximum atomic E-state index is 13.4. The molecule has 5 N–H and O–H groups in total. The third-order valence-electron chi connectivity index (χ3n) is 8.59. The quantitative estimate of drug-likeness (QED) is 0.208. The lowest BCUT2D eigenvalue weighted by Crippen LogP contribution is -2.58. The summed E-state index contributed by atoms with van der Waals surface area (Å²) in [5.41, 5.74) is -0.304. The highest BCUT2D eigenvalue weighted by Gasteiger charge is 2.54. The molecule has 0 amide bonds. The molecule has 0 unspecified atom stereocenters. The number of rotatable bonds is 8. The fourth-order valence-electron chi connectivity index (χ4n) is 6.13. The van der Waals surface area contributed by atoms with Gasteiger partial charge in [-0.25, -0.2) is 4.79 Å². The molecule has 46 heavy (non-hydrogen) atoms. The van der Waals surface area contributed by atoms with E-state index in [0.29, 0.717) is 50.5 Å². The molecule has 15 nitrogen and oxygen atoms in total. The Bertz CT molecular complexity index is 1680. The Morgan fingerprint density at radius 2 is 1.63 bits per heavy atom. The van der Waals surface area contributed by atoms with Crippen molar-refractivity contribution in [2.45, 2.75) is 49.2 Å². The zero-order chi connectivity index (χ0) is 32.3. The summed E-state index contributed by atoms with van der Waals surface area (Å²) < 4.78 is 51.2. The molecule has 246 valence electrons. The number of fused-ring (bicyclic) bond motifs is 3. The second-order valence-electron chi connectivity index (χ2n) is 11.3. The Morgan fingerprint density at radius 3 is 2.37 bits per heavy atom. The van der Waals surface area contributed by atoms with Crippen molar-refractivity contribution >= 4 is 16.7 Å². The number of methoxy groups -OCH3 is 2. The minimum absolute atomic E-state index is 0.0603. The number of hydrogen-bond donors (Lipinski definition) is 5. The largest absolute Gasteiger partial charge is 0.493 e. The van der Waals surface area contributed by atoms with Gasteiger partial charge in [-0.05, 0) is 35.2 Å². The van der Waals surface area contributed by atoms with Crippen LogP contribution < -0.4 is 23.7 Å². The average Bonchev–Trinajstić information content (AvgIpc) is 3.78. The fraction of sp³-hybridized carbons (Fsp3) is 0.452. The Kier molecular flexibility index (Phi) is 7.81. The zero-order valence-electron chi connectivity index (χ0n) is 24.7. The minimum atomic E-state index is -2.02. The first-order chi connectivity index (χ1) is 22.2. The molecule has 0 aliphatic carbocycles. The summed E-state index contributed by atoms with van der Waals surface area (Å²) in [7, 11) is 2.94. The van der Waals surface area contributed by atoms with Crippen LogP contribution >= 0.6 is 0 Å². The molecule has 0 spiro atoms. The zero-order valence-corrected chi connectivity index (χ0v) is 24.7. The van der Waals surface area contributed by atoms with Crippen LogP contribution in [-0.4, -0.2) is 115 Å². The number of aliphatic hydroxyl groups is 5. The van der Waals surface area contributed by atoms with Gasteiger partial charge in [0.25, 0.3) is 0 Å². The summed E-state index contributed by atoms with van der Waals surface area (Å²) in [5.74, 6) is 1.30. The number of aliphatic hydroxyl groups excluding tert-OH is 4. The molecule has 0 aromatic heterocycles. The van der Waals surface area contributed by atoms with Crippen molar-refractivity contribution in [3.05, 3.63) is 41.5 Å². The molecule has 4 heterocycles. The van der Waals surface area contributed by atoms with E-state index in [1.54, 1.807) is 30.3 Å². The lowest BCUT2D eigenvalue weighted by molar-refractivity contribution is -0.306. The van der Waals surface area contributed by atoms with E-state index >= 15 is 0 Å². The molecule has 3 aromatic rings. The van der Waals surface area contributed by atoms with Crippen LogP contribution in [0, 0.1) is 0 Å². The summed E-state index contributed by atoms with van der Waals surface area (Å²) >= 11 is 0. The molecular formula is C31H32O15. The summed E-state index contributed by atoms with van der Waals surface area (Å²) in [4.78, 5) is 13.4. The third-order valence-corrected chi connectivity index (χ3v) is 8.59. The van der Waals surface area contributed by atoms with Gasteiger partial charge in [0.1, 0.15) is 36.3 Å². The lowest BCUT2D eigenvalue weighted by atomic mass is 9.89. The summed E-state index contributed by atoms with van der Waals surface area (Å²) in [6.07, 6.45) is -9.06. The van der Waals surface area contributed by atoms with Gasteiger partial charge in [0.2, 0.25) is 13.1 Å². The molecule has 15 heteroatoms. The Labute approximate surface area is 261 Å². The Morgan fingerprint density at radius 1 is 0.891 bits per heavy atom. The highest BCUT2D eigenvalue weighted by Crippen LogP contribution is 2.50. The van der Waals surface area contributed by atoms with Crippen LogP contribution in [-0.2, 0) is 25.6 Å². The standard InChI is InChI=1S/C31H32O15/c1-38-19-6-14-15(7-20(19)39-2)26(16-8-40-28(36)23(16)22(14)13-3-4-18-21(5-13)44-12-43-18)45-30-27(31(37,10-32)11-42-30)46-29-25(35)24(34)17(33)9-41-29/h3-7,17,24-25,27,29-30,32-35,37H,8-12H2,1-2H3/t17-,24+,25-,27+,29+,30+,31-/m1/s1. The number of benzene rings is 3. The van der Waals surface area contributed by atoms with Gasteiger partial charge in [0.05, 0.1) is 39.6 Å². The fourth-order valence-corrected chi connectivity index (χ4v) is 6.13. The molecule has 0 bridgehead atoms. The molecular weight excluding hydrogens is 612 g/mol. The topological polar surface area (TPSA) is 201 Å². The van der Waals surface area contributed by atoms with Crippen molar-refractivity contribution < 1.29 is 73.0 Å². The molecule has 7 atom stereocenters. The smallest absolute Gasteiger partial charge is 0.339 e. The van der Waals surface area contributed by atoms with Crippen LogP contribution in [0.2, 0.25) is 0 Å². The van der Waals surface area contributed by atoms with E-state index < -0.39 is 61.8 Å². The van der Waals surface area contributed by atoms with Gasteiger partial charge in [-0.1, -0.05) is 6.07 Å². The molecule has 3 aromatic carbocycles. The maximum absolute atomic E-state index is 13.4. The second kappa shape index (κ2) is 11.7. The van der Waals surface area contributed by atoms with Crippen LogP contribution in [0.1, 0.15) is 15.9 Å². The minimum Gasteiger partial charge on any atom is -0.493 e. The van der Waals surface area contributed by atoms with Crippen molar-refractivity contribution in [2.24, 2.45) is 0 Å². The SMILES string of the molecule is COc1cc2c(O[C@@H]3OC[C@](O)(CO)[C@H]3O[C@@H]3OC[C@@H](O)[C@H](O)[C@H]3O)c3c(c(-c4ccc5c(c4)OCO5)c2cc1OC)C(=O)OC3. The average molecular weight is 645 g/mol. The van der Waals surface area contributed by atoms with Gasteiger partial charge >= 0.3 is 5.97 Å². The van der Waals surface area contributed by atoms with Gasteiger partial charge < -0.3 is 68.2 Å². The molecule has 0 saturated carbocycles. The van der Waals surface area contributed by atoms with Crippen molar-refractivity contribution in [1.29, 1.82) is 0 Å². The van der Waals surface area contributed by atoms with Crippen molar-refractivity contribution in [3.63, 3.8) is 0 Å². The van der Waals surface area contributed by atoms with E-state index in [4.69, 9.17) is 42.6 Å². The lowest BCUT2D eigenvalue weighted by Gasteiger charge is -2.38. The van der Waals surface area contributed by atoms with Crippen LogP contribution in [0.15, 0.2) is 30.3 Å². The normalized spacial score (nSPS) is 29.9. The molecule has 4 aliphatic heterocycles. The molecule has 4 aliphatic rings. The first-order valence-electron chi connectivity index (χ1n) is 14.4. The molecule has 2 fully saturated rings. The maximum Gasteiger partial charge on any atom is 0.339 e. The number of ether oxygens (including phenoxy) is 9. The molecule has 0 radical (unpaired) electrons. The highest BCUT2D eigenvalue weighted by atomic mass is 16.8. The van der Waals surface area contributed by atoms with Crippen molar-refractivity contribution in [3.8, 4) is 39.9 Å². The van der Waals surface area contributed by atoms with Crippen molar-refractivity contribution in [1.82, 2.24) is 0 Å². The number of carbonyl (C=O) groups is 1. The first kappa shape index (κ1) is 30.7. The highest BCUT2D eigenvalue weighted by molar-refractivity contribution is 6.14. The van der Waals surface area contributed by atoms with E-state index in [1.165, 1.54) is 14.2 Å². The van der Waals surface area contributed by atoms with Gasteiger partial charge in [0, 0.05) is 16.5 Å². The monoisotopic (exact) mass is 644 g/mol. The molecule has 2 saturated heterocycles. The number of cyclic esters (lactones) is 1. The summed E-state index contributed by atoms with van der Waals surface area (Å²) in [6, 6.07) is 8.64. The van der Waals surface area contributed by atoms with Gasteiger partial charge in [-0.15, -0.1) is 0 Å². The summed E-state index contributed by atoms with van der Waals surface area (Å²) in [6.45, 7) is -1.72. The van der Waals surface area contributed by atoms with Gasteiger partial charge in [-0.2, -0.15) is 0 Å². The van der Waals surface area contributed by atoms with Gasteiger partial charge in [-0.3, -0.25) is 0 Å². The number of esters is 1. The van der Waals surface area contributed by atoms with Crippen molar-refractivity contribution in [2.75, 3.05) is 40.8 Å². The van der Waals surface area contributed by atoms with E-state index in [9.17, 15) is 30.3 Å². The predicted octanol–water partition coefficient (Wildman–Crippen LogP) is 0.206. The van der Waals surface area contributed by atoms with Crippen LogP contribution in [0.3, 0.4) is 0 Å². The first-order valence-corrected chi connectivity index (χ1v) is 14.4. The van der Waals surface area contributed by atoms with Gasteiger partial charge in [0.15, 0.2) is 35.4 Å². The molecule has 7 rings (SSSR count). The number of hydrogen-bond acceptors (Lipinski definition) is 15.